The fraction of sp³-hybridized carbons (Fsp3) is 0.450. The Morgan fingerprint density at radius 2 is 1.93 bits per heavy atom. The quantitative estimate of drug-likeness (QED) is 0.287. The molecule has 0 spiro atoms. The van der Waals surface area contributed by atoms with Crippen molar-refractivity contribution in [2.45, 2.75) is 40.7 Å². The number of thiazole rings is 1. The number of aryl methyl sites for hydroxylation is 3. The van der Waals surface area contributed by atoms with Gasteiger partial charge in [-0.2, -0.15) is 0 Å². The third-order valence-electron chi connectivity index (χ3n) is 4.49. The minimum absolute atomic E-state index is 0. The first-order chi connectivity index (χ1) is 13.1. The maximum absolute atomic E-state index is 4.69. The molecule has 0 saturated heterocycles. The van der Waals surface area contributed by atoms with Gasteiger partial charge in [-0.05, 0) is 39.8 Å². The summed E-state index contributed by atoms with van der Waals surface area (Å²) in [5, 5.41) is 7.90. The van der Waals surface area contributed by atoms with Crippen molar-refractivity contribution in [2.75, 3.05) is 19.6 Å². The van der Waals surface area contributed by atoms with Crippen molar-refractivity contribution >= 4 is 52.3 Å². The first-order valence-corrected chi connectivity index (χ1v) is 10.3. The molecule has 2 heterocycles. The largest absolute Gasteiger partial charge is 0.357 e. The molecule has 2 aromatic heterocycles. The van der Waals surface area contributed by atoms with E-state index in [1.54, 1.807) is 11.3 Å². The van der Waals surface area contributed by atoms with Gasteiger partial charge in [0.05, 0.1) is 21.7 Å². The van der Waals surface area contributed by atoms with E-state index < -0.39 is 0 Å². The molecule has 0 aliphatic carbocycles. The summed E-state index contributed by atoms with van der Waals surface area (Å²) in [5.74, 6) is 1.89. The topological polar surface area (TPSA) is 67.1 Å². The zero-order valence-electron chi connectivity index (χ0n) is 17.0. The third-order valence-corrected chi connectivity index (χ3v) is 5.62. The number of hydrogen-bond donors (Lipinski definition) is 2. The number of fused-ring (bicyclic) bond motifs is 1. The molecular formula is C20H29IN6S. The van der Waals surface area contributed by atoms with Gasteiger partial charge in [0.1, 0.15) is 5.82 Å². The summed E-state index contributed by atoms with van der Waals surface area (Å²) in [7, 11) is 0. The predicted molar refractivity (Wildman–Crippen MR) is 129 cm³/mol. The molecular weight excluding hydrogens is 483 g/mol. The minimum Gasteiger partial charge on any atom is -0.357 e. The molecule has 1 aromatic carbocycles. The Bertz CT molecular complexity index is 911. The number of imidazole rings is 1. The van der Waals surface area contributed by atoms with E-state index in [-0.39, 0.29) is 24.0 Å². The second-order valence-corrected chi connectivity index (χ2v) is 7.77. The van der Waals surface area contributed by atoms with Gasteiger partial charge in [-0.15, -0.1) is 35.3 Å². The lowest BCUT2D eigenvalue weighted by Gasteiger charge is -2.12. The molecule has 2 N–H and O–H groups in total. The Labute approximate surface area is 187 Å². The van der Waals surface area contributed by atoms with E-state index in [4.69, 9.17) is 0 Å². The lowest BCUT2D eigenvalue weighted by Crippen LogP contribution is -2.39. The summed E-state index contributed by atoms with van der Waals surface area (Å²) in [6.45, 7) is 11.5. The molecule has 8 heteroatoms. The summed E-state index contributed by atoms with van der Waals surface area (Å²) in [5.41, 5.74) is 3.35. The summed E-state index contributed by atoms with van der Waals surface area (Å²) < 4.78 is 2.24. The number of hydrogen-bond acceptors (Lipinski definition) is 4. The Morgan fingerprint density at radius 3 is 2.64 bits per heavy atom. The fourth-order valence-electron chi connectivity index (χ4n) is 3.02. The lowest BCUT2D eigenvalue weighted by atomic mass is 10.3. The first kappa shape index (κ1) is 22.6. The molecule has 0 atom stereocenters. The molecule has 0 aliphatic rings. The van der Waals surface area contributed by atoms with Crippen LogP contribution in [0.2, 0.25) is 0 Å². The second kappa shape index (κ2) is 10.8. The van der Waals surface area contributed by atoms with E-state index in [0.717, 1.165) is 60.6 Å². The van der Waals surface area contributed by atoms with Crippen molar-refractivity contribution in [2.24, 2.45) is 4.99 Å². The van der Waals surface area contributed by atoms with E-state index >= 15 is 0 Å². The van der Waals surface area contributed by atoms with Gasteiger partial charge in [-0.3, -0.25) is 4.99 Å². The number of halogens is 1. The molecule has 0 radical (unpaired) electrons. The summed E-state index contributed by atoms with van der Waals surface area (Å²) >= 11 is 1.77. The van der Waals surface area contributed by atoms with Gasteiger partial charge >= 0.3 is 0 Å². The number of rotatable bonds is 7. The summed E-state index contributed by atoms with van der Waals surface area (Å²) in [6, 6.07) is 8.26. The maximum Gasteiger partial charge on any atom is 0.191 e. The number of para-hydroxylation sites is 2. The van der Waals surface area contributed by atoms with Crippen LogP contribution >= 0.6 is 35.3 Å². The number of nitrogens with zero attached hydrogens (tertiary/aromatic N) is 4. The highest BCUT2D eigenvalue weighted by molar-refractivity contribution is 14.0. The molecule has 0 fully saturated rings. The van der Waals surface area contributed by atoms with Crippen LogP contribution in [0.3, 0.4) is 0 Å². The number of benzene rings is 1. The molecule has 0 bridgehead atoms. The number of nitrogens with one attached hydrogen (secondary N) is 2. The second-order valence-electron chi connectivity index (χ2n) is 6.49. The predicted octanol–water partition coefficient (Wildman–Crippen LogP) is 3.83. The van der Waals surface area contributed by atoms with Gasteiger partial charge in [-0.25, -0.2) is 9.97 Å². The highest BCUT2D eigenvalue weighted by Crippen LogP contribution is 2.17. The van der Waals surface area contributed by atoms with Gasteiger partial charge in [0.2, 0.25) is 0 Å². The van der Waals surface area contributed by atoms with Gasteiger partial charge in [0.25, 0.3) is 0 Å². The smallest absolute Gasteiger partial charge is 0.191 e. The van der Waals surface area contributed by atoms with Crippen LogP contribution in [0.5, 0.6) is 0 Å². The molecule has 3 rings (SSSR count). The Kier molecular flexibility index (Phi) is 8.68. The van der Waals surface area contributed by atoms with E-state index in [1.807, 2.05) is 6.07 Å². The van der Waals surface area contributed by atoms with Crippen LogP contribution in [0.15, 0.2) is 29.3 Å². The Hall–Kier alpha value is -1.68. The van der Waals surface area contributed by atoms with Gasteiger partial charge in [0.15, 0.2) is 5.96 Å². The van der Waals surface area contributed by atoms with Crippen LogP contribution in [0, 0.1) is 20.8 Å². The van der Waals surface area contributed by atoms with Crippen LogP contribution in [0.4, 0.5) is 0 Å². The number of aromatic nitrogens is 3. The maximum atomic E-state index is 4.69. The van der Waals surface area contributed by atoms with E-state index in [2.05, 4.69) is 76.1 Å². The van der Waals surface area contributed by atoms with Gasteiger partial charge in [0, 0.05) is 37.5 Å². The molecule has 28 heavy (non-hydrogen) atoms. The van der Waals surface area contributed by atoms with Crippen LogP contribution in [-0.4, -0.2) is 40.1 Å². The summed E-state index contributed by atoms with van der Waals surface area (Å²) in [4.78, 5) is 15.2. The average molecular weight is 512 g/mol. The normalized spacial score (nSPS) is 11.5. The SMILES string of the molecule is CCNC(=NCCc1nc(C)c(C)s1)NCCn1c(C)nc2ccccc21.I. The lowest BCUT2D eigenvalue weighted by molar-refractivity contribution is 0.660. The van der Waals surface area contributed by atoms with Gasteiger partial charge in [-0.1, -0.05) is 12.1 Å². The van der Waals surface area contributed by atoms with Crippen molar-refractivity contribution in [3.8, 4) is 0 Å². The van der Waals surface area contributed by atoms with Crippen LogP contribution < -0.4 is 10.6 Å². The molecule has 0 amide bonds. The van der Waals surface area contributed by atoms with Gasteiger partial charge < -0.3 is 15.2 Å². The van der Waals surface area contributed by atoms with Crippen molar-refractivity contribution in [3.05, 3.63) is 45.7 Å². The summed E-state index contributed by atoms with van der Waals surface area (Å²) in [6.07, 6.45) is 0.876. The van der Waals surface area contributed by atoms with Crippen molar-refractivity contribution in [3.63, 3.8) is 0 Å². The molecule has 6 nitrogen and oxygen atoms in total. The first-order valence-electron chi connectivity index (χ1n) is 9.45. The third kappa shape index (κ3) is 5.66. The number of aliphatic imine (C=N–C) groups is 1. The Morgan fingerprint density at radius 1 is 1.14 bits per heavy atom. The van der Waals surface area contributed by atoms with Crippen LogP contribution in [-0.2, 0) is 13.0 Å². The van der Waals surface area contributed by atoms with E-state index in [0.29, 0.717) is 0 Å². The average Bonchev–Trinajstić information content (AvgIpc) is 3.13. The van der Waals surface area contributed by atoms with Crippen molar-refractivity contribution < 1.29 is 0 Å². The zero-order chi connectivity index (χ0) is 19.2. The fourth-order valence-corrected chi connectivity index (χ4v) is 3.94. The molecule has 0 saturated carbocycles. The number of guanidine groups is 1. The van der Waals surface area contributed by atoms with Crippen molar-refractivity contribution in [1.29, 1.82) is 0 Å². The zero-order valence-corrected chi connectivity index (χ0v) is 20.1. The molecule has 3 aromatic rings. The molecule has 0 aliphatic heterocycles. The highest BCUT2D eigenvalue weighted by atomic mass is 127. The minimum atomic E-state index is 0. The molecule has 152 valence electrons. The Balaban J connectivity index is 0.00000280. The highest BCUT2D eigenvalue weighted by Gasteiger charge is 2.07. The van der Waals surface area contributed by atoms with E-state index in [9.17, 15) is 0 Å². The molecule has 0 unspecified atom stereocenters. The van der Waals surface area contributed by atoms with Crippen molar-refractivity contribution in [1.82, 2.24) is 25.2 Å². The van der Waals surface area contributed by atoms with E-state index in [1.165, 1.54) is 10.4 Å². The van der Waals surface area contributed by atoms with Crippen LogP contribution in [0.25, 0.3) is 11.0 Å². The van der Waals surface area contributed by atoms with Crippen LogP contribution in [0.1, 0.15) is 28.3 Å². The monoisotopic (exact) mass is 512 g/mol. The standard InChI is InChI=1S/C20H28N6S.HI/c1-5-21-20(22-11-10-19-24-14(2)15(3)27-19)23-12-13-26-16(4)25-17-8-6-7-9-18(17)26;/h6-9H,5,10-13H2,1-4H3,(H2,21,22,23);1H.